The van der Waals surface area contributed by atoms with Crippen molar-refractivity contribution in [3.8, 4) is 0 Å². The van der Waals surface area contributed by atoms with Gasteiger partial charge in [0, 0.05) is 13.7 Å². The Morgan fingerprint density at radius 1 is 1.45 bits per heavy atom. The van der Waals surface area contributed by atoms with Crippen LogP contribution in [0.4, 0.5) is 0 Å². The molecule has 1 aromatic rings. The molecule has 2 rings (SSSR count). The number of carbonyl (C=O) groups is 1. The van der Waals surface area contributed by atoms with Crippen LogP contribution >= 0.6 is 0 Å². The van der Waals surface area contributed by atoms with Crippen molar-refractivity contribution in [3.05, 3.63) is 29.8 Å². The number of hydrogen-bond donors (Lipinski definition) is 1. The third-order valence-corrected chi connectivity index (χ3v) is 5.36. The maximum atomic E-state index is 12.7. The Morgan fingerprint density at radius 3 is 2.80 bits per heavy atom. The highest BCUT2D eigenvalue weighted by atomic mass is 32.2. The van der Waals surface area contributed by atoms with E-state index in [9.17, 15) is 13.2 Å². The van der Waals surface area contributed by atoms with Crippen LogP contribution in [0.15, 0.2) is 29.2 Å². The second kappa shape index (κ2) is 5.90. The summed E-state index contributed by atoms with van der Waals surface area (Å²) >= 11 is 0. The largest absolute Gasteiger partial charge is 0.480 e. The SMILES string of the molecule is COCc1ccccc1S(=O)(=O)N1CCC[C@H]1C(=O)O. The molecule has 110 valence electrons. The van der Waals surface area contributed by atoms with Gasteiger partial charge in [-0.15, -0.1) is 0 Å². The topological polar surface area (TPSA) is 83.9 Å². The maximum absolute atomic E-state index is 12.7. The van der Waals surface area contributed by atoms with Crippen LogP contribution < -0.4 is 0 Å². The Balaban J connectivity index is 2.42. The van der Waals surface area contributed by atoms with E-state index in [1.54, 1.807) is 18.2 Å². The molecule has 1 atom stereocenters. The van der Waals surface area contributed by atoms with Crippen LogP contribution in [0.3, 0.4) is 0 Å². The van der Waals surface area contributed by atoms with Gasteiger partial charge in [0.2, 0.25) is 10.0 Å². The van der Waals surface area contributed by atoms with Gasteiger partial charge in [-0.05, 0) is 24.5 Å². The van der Waals surface area contributed by atoms with Gasteiger partial charge in [-0.2, -0.15) is 4.31 Å². The van der Waals surface area contributed by atoms with E-state index in [-0.39, 0.29) is 18.0 Å². The fraction of sp³-hybridized carbons (Fsp3) is 0.462. The fourth-order valence-corrected chi connectivity index (χ4v) is 4.29. The normalized spacial score (nSPS) is 20.1. The number of rotatable bonds is 5. The van der Waals surface area contributed by atoms with Crippen LogP contribution in [0.5, 0.6) is 0 Å². The predicted octanol–water partition coefficient (Wildman–Crippen LogP) is 1.07. The number of nitrogens with zero attached hydrogens (tertiary/aromatic N) is 1. The number of carboxylic acids is 1. The Labute approximate surface area is 118 Å². The molecule has 0 bridgehead atoms. The van der Waals surface area contributed by atoms with E-state index in [0.717, 1.165) is 4.31 Å². The van der Waals surface area contributed by atoms with Crippen LogP contribution in [0.1, 0.15) is 18.4 Å². The zero-order valence-corrected chi connectivity index (χ0v) is 12.0. The van der Waals surface area contributed by atoms with Crippen LogP contribution in [-0.4, -0.2) is 43.5 Å². The molecular formula is C13H17NO5S. The van der Waals surface area contributed by atoms with Crippen LogP contribution in [0, 0.1) is 0 Å². The summed E-state index contributed by atoms with van der Waals surface area (Å²) < 4.78 is 31.4. The third-order valence-electron chi connectivity index (χ3n) is 3.35. The molecule has 1 N–H and O–H groups in total. The molecule has 0 radical (unpaired) electrons. The molecule has 0 aromatic heterocycles. The molecule has 0 aliphatic carbocycles. The van der Waals surface area contributed by atoms with Gasteiger partial charge in [0.05, 0.1) is 11.5 Å². The summed E-state index contributed by atoms with van der Waals surface area (Å²) in [7, 11) is -2.33. The van der Waals surface area contributed by atoms with E-state index in [1.165, 1.54) is 13.2 Å². The lowest BCUT2D eigenvalue weighted by molar-refractivity contribution is -0.140. The lowest BCUT2D eigenvalue weighted by Crippen LogP contribution is -2.40. The number of ether oxygens (including phenoxy) is 1. The number of methoxy groups -OCH3 is 1. The van der Waals surface area contributed by atoms with Gasteiger partial charge < -0.3 is 9.84 Å². The van der Waals surface area contributed by atoms with Gasteiger partial charge in [-0.3, -0.25) is 4.79 Å². The molecule has 0 spiro atoms. The monoisotopic (exact) mass is 299 g/mol. The van der Waals surface area contributed by atoms with Crippen molar-refractivity contribution in [2.45, 2.75) is 30.4 Å². The predicted molar refractivity (Wildman–Crippen MR) is 71.7 cm³/mol. The van der Waals surface area contributed by atoms with Crippen molar-refractivity contribution in [1.29, 1.82) is 0 Å². The number of carboxylic acid groups (broad SMARTS) is 1. The number of benzene rings is 1. The van der Waals surface area contributed by atoms with Gasteiger partial charge in [0.1, 0.15) is 6.04 Å². The number of hydrogen-bond acceptors (Lipinski definition) is 4. The van der Waals surface area contributed by atoms with Gasteiger partial charge in [-0.25, -0.2) is 8.42 Å². The molecule has 1 aromatic carbocycles. The van der Waals surface area contributed by atoms with Crippen molar-refractivity contribution < 1.29 is 23.1 Å². The lowest BCUT2D eigenvalue weighted by atomic mass is 10.2. The Hall–Kier alpha value is -1.44. The molecule has 1 saturated heterocycles. The van der Waals surface area contributed by atoms with Crippen molar-refractivity contribution in [1.82, 2.24) is 4.31 Å². The molecule has 1 heterocycles. The summed E-state index contributed by atoms with van der Waals surface area (Å²) in [5, 5.41) is 9.14. The quantitative estimate of drug-likeness (QED) is 0.879. The molecule has 0 amide bonds. The Bertz CT molecular complexity index is 599. The van der Waals surface area contributed by atoms with Crippen LogP contribution in [0.2, 0.25) is 0 Å². The summed E-state index contributed by atoms with van der Waals surface area (Å²) in [4.78, 5) is 11.3. The van der Waals surface area contributed by atoms with Gasteiger partial charge in [-0.1, -0.05) is 18.2 Å². The van der Waals surface area contributed by atoms with Gasteiger partial charge in [0.25, 0.3) is 0 Å². The van der Waals surface area contributed by atoms with E-state index >= 15 is 0 Å². The molecule has 1 fully saturated rings. The highest BCUT2D eigenvalue weighted by Gasteiger charge is 2.40. The van der Waals surface area contributed by atoms with E-state index in [4.69, 9.17) is 9.84 Å². The van der Waals surface area contributed by atoms with Crippen LogP contribution in [0.25, 0.3) is 0 Å². The second-order valence-electron chi connectivity index (χ2n) is 4.65. The summed E-state index contributed by atoms with van der Waals surface area (Å²) in [5.74, 6) is -1.10. The molecule has 0 saturated carbocycles. The summed E-state index contributed by atoms with van der Waals surface area (Å²) in [6.45, 7) is 0.404. The fourth-order valence-electron chi connectivity index (χ4n) is 2.43. The Kier molecular flexibility index (Phi) is 4.42. The van der Waals surface area contributed by atoms with E-state index in [1.807, 2.05) is 0 Å². The minimum atomic E-state index is -3.81. The molecule has 7 heteroatoms. The summed E-state index contributed by atoms with van der Waals surface area (Å²) in [6.07, 6.45) is 0.906. The zero-order valence-electron chi connectivity index (χ0n) is 11.2. The first kappa shape index (κ1) is 15.0. The van der Waals surface area contributed by atoms with E-state index in [2.05, 4.69) is 0 Å². The van der Waals surface area contributed by atoms with Gasteiger partial charge in [0.15, 0.2) is 0 Å². The molecule has 6 nitrogen and oxygen atoms in total. The number of sulfonamides is 1. The molecular weight excluding hydrogens is 282 g/mol. The van der Waals surface area contributed by atoms with Gasteiger partial charge >= 0.3 is 5.97 Å². The zero-order chi connectivity index (χ0) is 14.8. The maximum Gasteiger partial charge on any atom is 0.322 e. The first-order valence-electron chi connectivity index (χ1n) is 6.30. The number of aliphatic carboxylic acids is 1. The lowest BCUT2D eigenvalue weighted by Gasteiger charge is -2.22. The second-order valence-corrected chi connectivity index (χ2v) is 6.51. The first-order chi connectivity index (χ1) is 9.48. The average Bonchev–Trinajstić information content (AvgIpc) is 2.89. The minimum Gasteiger partial charge on any atom is -0.480 e. The van der Waals surface area contributed by atoms with E-state index < -0.39 is 22.0 Å². The van der Waals surface area contributed by atoms with Crippen molar-refractivity contribution >= 4 is 16.0 Å². The smallest absolute Gasteiger partial charge is 0.322 e. The summed E-state index contributed by atoms with van der Waals surface area (Å²) in [6, 6.07) is 5.53. The molecule has 1 aliphatic rings. The third kappa shape index (κ3) is 2.70. The van der Waals surface area contributed by atoms with Crippen LogP contribution in [-0.2, 0) is 26.2 Å². The minimum absolute atomic E-state index is 0.120. The standard InChI is InChI=1S/C13H17NO5S/c1-19-9-10-5-2-3-7-12(10)20(17,18)14-8-4-6-11(14)13(15)16/h2-3,5,7,11H,4,6,8-9H2,1H3,(H,15,16)/t11-/m0/s1. The molecule has 1 aliphatic heterocycles. The highest BCUT2D eigenvalue weighted by molar-refractivity contribution is 7.89. The first-order valence-corrected chi connectivity index (χ1v) is 7.74. The molecule has 0 unspecified atom stereocenters. The van der Waals surface area contributed by atoms with Crippen molar-refractivity contribution in [3.63, 3.8) is 0 Å². The molecule has 20 heavy (non-hydrogen) atoms. The van der Waals surface area contributed by atoms with Crippen molar-refractivity contribution in [2.24, 2.45) is 0 Å². The highest BCUT2D eigenvalue weighted by Crippen LogP contribution is 2.28. The van der Waals surface area contributed by atoms with E-state index in [0.29, 0.717) is 18.4 Å². The summed E-state index contributed by atoms with van der Waals surface area (Å²) in [5.41, 5.74) is 0.533. The Morgan fingerprint density at radius 2 is 2.15 bits per heavy atom. The van der Waals surface area contributed by atoms with Crippen molar-refractivity contribution in [2.75, 3.05) is 13.7 Å². The average molecular weight is 299 g/mol.